The van der Waals surface area contributed by atoms with Crippen LogP contribution in [0.4, 0.5) is 0 Å². The lowest BCUT2D eigenvalue weighted by Crippen LogP contribution is -1.93. The number of halogens is 1. The Balaban J connectivity index is 3.48. The van der Waals surface area contributed by atoms with Gasteiger partial charge in [-0.1, -0.05) is 0 Å². The fraction of sp³-hybridized carbons (Fsp3) is 1.00. The number of rotatable bonds is 7. The molecule has 1 nitrogen and oxygen atoms in total. The van der Waals surface area contributed by atoms with Crippen molar-refractivity contribution in [2.24, 2.45) is 0 Å². The van der Waals surface area contributed by atoms with Crippen LogP contribution in [0.3, 0.4) is 0 Å². The molecule has 0 saturated carbocycles. The van der Waals surface area contributed by atoms with Gasteiger partial charge in [0, 0.05) is 40.9 Å². The highest BCUT2D eigenvalue weighted by molar-refractivity contribution is 14.2. The normalized spacial score (nSPS) is 11.8. The average molecular weight is 429 g/mol. The monoisotopic (exact) mass is 428 g/mol. The fourth-order valence-corrected chi connectivity index (χ4v) is 19.5. The minimum atomic E-state index is -1.71. The molecule has 0 aliphatic rings. The van der Waals surface area contributed by atoms with Crippen molar-refractivity contribution in [2.75, 3.05) is 6.61 Å². The SMILES string of the molecule is CCOS(=S)(=S)SSSSSI. The first-order chi connectivity index (χ1) is 5.62. The van der Waals surface area contributed by atoms with E-state index in [4.69, 9.17) is 26.6 Å². The summed E-state index contributed by atoms with van der Waals surface area (Å²) in [6, 6.07) is 0. The van der Waals surface area contributed by atoms with E-state index in [1.807, 2.05) is 6.92 Å². The van der Waals surface area contributed by atoms with E-state index in [2.05, 4.69) is 21.2 Å². The molecule has 0 fully saturated rings. The summed E-state index contributed by atoms with van der Waals surface area (Å²) < 4.78 is 5.23. The molecule has 0 aliphatic heterocycles. The molecule has 0 bridgehead atoms. The predicted octanol–water partition coefficient (Wildman–Crippen LogP) is 4.61. The zero-order valence-corrected chi connectivity index (χ0v) is 14.4. The average Bonchev–Trinajstić information content (AvgIpc) is 1.98. The van der Waals surface area contributed by atoms with Gasteiger partial charge in [-0.25, -0.2) is 0 Å². The van der Waals surface area contributed by atoms with Crippen LogP contribution in [0.5, 0.6) is 0 Å². The molecular formula is C2H5IOS8. The maximum atomic E-state index is 5.23. The van der Waals surface area contributed by atoms with Crippen molar-refractivity contribution in [3.63, 3.8) is 0 Å². The molecule has 0 spiro atoms. The highest BCUT2D eigenvalue weighted by Gasteiger charge is 2.03. The number of hydrogen-bond donors (Lipinski definition) is 0. The minimum Gasteiger partial charge on any atom is -0.302 e. The van der Waals surface area contributed by atoms with Gasteiger partial charge in [0.05, 0.1) is 13.1 Å². The maximum absolute atomic E-state index is 5.23. The quantitative estimate of drug-likeness (QED) is 0.326. The molecule has 0 aromatic heterocycles. The molecular weight excluding hydrogens is 423 g/mol. The number of hydrogen-bond acceptors (Lipinski definition) is 8. The molecule has 0 heterocycles. The second-order valence-electron chi connectivity index (χ2n) is 1.15. The van der Waals surface area contributed by atoms with E-state index in [0.717, 1.165) is 0 Å². The van der Waals surface area contributed by atoms with Gasteiger partial charge >= 0.3 is 0 Å². The molecule has 0 amide bonds. The van der Waals surface area contributed by atoms with E-state index >= 15 is 0 Å². The molecule has 0 atom stereocenters. The van der Waals surface area contributed by atoms with Crippen molar-refractivity contribution in [3.8, 4) is 0 Å². The summed E-state index contributed by atoms with van der Waals surface area (Å²) in [4.78, 5) is 0. The maximum Gasteiger partial charge on any atom is 0.0820 e. The van der Waals surface area contributed by atoms with Crippen molar-refractivity contribution < 1.29 is 4.18 Å². The Hall–Kier alpha value is 3.23. The summed E-state index contributed by atoms with van der Waals surface area (Å²) >= 11 is 12.4. The molecule has 0 saturated heterocycles. The van der Waals surface area contributed by atoms with E-state index < -0.39 is 6.46 Å². The molecule has 0 aliphatic carbocycles. The van der Waals surface area contributed by atoms with Crippen molar-refractivity contribution in [1.82, 2.24) is 0 Å². The highest BCUT2D eigenvalue weighted by atomic mass is 127. The van der Waals surface area contributed by atoms with Crippen molar-refractivity contribution in [2.45, 2.75) is 6.92 Å². The third-order valence-corrected chi connectivity index (χ3v) is 18.3. The summed E-state index contributed by atoms with van der Waals surface area (Å²) in [5, 5.41) is 0. The Morgan fingerprint density at radius 3 is 2.50 bits per heavy atom. The summed E-state index contributed by atoms with van der Waals surface area (Å²) in [7, 11) is 8.12. The van der Waals surface area contributed by atoms with Gasteiger partial charge in [0.2, 0.25) is 0 Å². The minimum absolute atomic E-state index is 0.606. The van der Waals surface area contributed by atoms with Gasteiger partial charge in [-0.3, -0.25) is 0 Å². The Bertz CT molecular complexity index is 187. The first-order valence-corrected chi connectivity index (χ1v) is 15.1. The summed E-state index contributed by atoms with van der Waals surface area (Å²) in [5.74, 6) is 0. The Morgan fingerprint density at radius 2 is 2.00 bits per heavy atom. The lowest BCUT2D eigenvalue weighted by atomic mass is 10.9. The molecule has 12 heavy (non-hydrogen) atoms. The van der Waals surface area contributed by atoms with Crippen LogP contribution in [0.25, 0.3) is 0 Å². The molecule has 0 aromatic rings. The molecule has 0 rings (SSSR count). The van der Waals surface area contributed by atoms with Gasteiger partial charge in [0.15, 0.2) is 0 Å². The van der Waals surface area contributed by atoms with Gasteiger partial charge in [-0.2, -0.15) is 0 Å². The largest absolute Gasteiger partial charge is 0.302 e. The summed E-state index contributed by atoms with van der Waals surface area (Å²) in [6.45, 7) is 0.805. The van der Waals surface area contributed by atoms with Crippen molar-refractivity contribution >= 4 is 97.3 Å². The van der Waals surface area contributed by atoms with Crippen LogP contribution in [-0.4, -0.2) is 6.61 Å². The van der Waals surface area contributed by atoms with Gasteiger partial charge in [0.1, 0.15) is 0 Å². The zero-order chi connectivity index (χ0) is 9.45. The third kappa shape index (κ3) is 9.77. The smallest absolute Gasteiger partial charge is 0.0820 e. The molecule has 10 heteroatoms. The van der Waals surface area contributed by atoms with Crippen molar-refractivity contribution in [3.05, 3.63) is 0 Å². The van der Waals surface area contributed by atoms with Crippen LogP contribution >= 0.6 is 68.5 Å². The highest BCUT2D eigenvalue weighted by Crippen LogP contribution is 2.52. The summed E-state index contributed by atoms with van der Waals surface area (Å²) in [6.07, 6.45) is 0. The molecule has 0 radical (unpaired) electrons. The topological polar surface area (TPSA) is 9.23 Å². The molecule has 74 valence electrons. The van der Waals surface area contributed by atoms with Crippen LogP contribution < -0.4 is 0 Å². The first kappa shape index (κ1) is 15.2. The molecule has 0 N–H and O–H groups in total. The van der Waals surface area contributed by atoms with E-state index in [9.17, 15) is 0 Å². The van der Waals surface area contributed by atoms with E-state index in [-0.39, 0.29) is 0 Å². The Labute approximate surface area is 113 Å². The zero-order valence-electron chi connectivity index (χ0n) is 5.76. The van der Waals surface area contributed by atoms with Crippen LogP contribution in [0.1, 0.15) is 6.92 Å². The van der Waals surface area contributed by atoms with Gasteiger partial charge in [-0.15, -0.1) is 0 Å². The van der Waals surface area contributed by atoms with Gasteiger partial charge in [-0.05, 0) is 56.9 Å². The standard InChI is InChI=1S/C2H5IOS8/c1-2-4-12(5,6)11-10-9-8-7-3/h2H2,1H3. The Morgan fingerprint density at radius 1 is 1.33 bits per heavy atom. The van der Waals surface area contributed by atoms with Gasteiger partial charge < -0.3 is 4.18 Å². The Kier molecular flexibility index (Phi) is 12.0. The second-order valence-corrected chi connectivity index (χ2v) is 19.1. The second kappa shape index (κ2) is 9.46. The van der Waals surface area contributed by atoms with Crippen molar-refractivity contribution in [1.29, 1.82) is 0 Å². The third-order valence-electron chi connectivity index (χ3n) is 0.455. The summed E-state index contributed by atoms with van der Waals surface area (Å²) in [5.41, 5.74) is 0. The van der Waals surface area contributed by atoms with Crippen LogP contribution in [0.2, 0.25) is 0 Å². The first-order valence-electron chi connectivity index (χ1n) is 2.48. The lowest BCUT2D eigenvalue weighted by Gasteiger charge is -2.05. The fourth-order valence-electron chi connectivity index (χ4n) is 0.231. The predicted molar refractivity (Wildman–Crippen MR) is 85.7 cm³/mol. The van der Waals surface area contributed by atoms with Crippen LogP contribution in [0.15, 0.2) is 0 Å². The molecule has 0 unspecified atom stereocenters. The molecule has 0 aromatic carbocycles. The van der Waals surface area contributed by atoms with E-state index in [0.29, 0.717) is 6.61 Å². The van der Waals surface area contributed by atoms with E-state index in [1.54, 1.807) is 37.4 Å². The van der Waals surface area contributed by atoms with E-state index in [1.165, 1.54) is 9.83 Å². The lowest BCUT2D eigenvalue weighted by molar-refractivity contribution is 0.402. The van der Waals surface area contributed by atoms with Crippen LogP contribution in [-0.2, 0) is 33.0 Å². The van der Waals surface area contributed by atoms with Crippen LogP contribution in [0, 0.1) is 0 Å². The van der Waals surface area contributed by atoms with Gasteiger partial charge in [0.25, 0.3) is 0 Å².